The third-order valence-electron chi connectivity index (χ3n) is 3.47. The molecule has 1 N–H and O–H groups in total. The van der Waals surface area contributed by atoms with E-state index in [4.69, 9.17) is 20.8 Å². The largest absolute Gasteiger partial charge is 0.496 e. The Morgan fingerprint density at radius 2 is 2.04 bits per heavy atom. The van der Waals surface area contributed by atoms with E-state index >= 15 is 0 Å². The zero-order valence-corrected chi connectivity index (χ0v) is 19.7. The van der Waals surface area contributed by atoms with Crippen molar-refractivity contribution in [3.8, 4) is 5.75 Å². The molecule has 9 heteroatoms. The number of benzene rings is 2. The third-order valence-corrected chi connectivity index (χ3v) is 6.46. The van der Waals surface area contributed by atoms with Gasteiger partial charge in [-0.2, -0.15) is 5.10 Å². The van der Waals surface area contributed by atoms with Crippen LogP contribution in [0.1, 0.15) is 16.1 Å². The van der Waals surface area contributed by atoms with Crippen LogP contribution in [-0.2, 0) is 0 Å². The van der Waals surface area contributed by atoms with Crippen LogP contribution in [0.3, 0.4) is 0 Å². The molecule has 3 rings (SSSR count). The van der Waals surface area contributed by atoms with Crippen molar-refractivity contribution in [2.24, 2.45) is 5.10 Å². The van der Waals surface area contributed by atoms with Gasteiger partial charge in [-0.3, -0.25) is 4.79 Å². The Labute approximate surface area is 193 Å². The van der Waals surface area contributed by atoms with E-state index < -0.39 is 0 Å². The molecule has 0 aliphatic rings. The smallest absolute Gasteiger partial charge is 0.271 e. The molecule has 0 aliphatic carbocycles. The van der Waals surface area contributed by atoms with Crippen molar-refractivity contribution in [1.82, 2.24) is 5.43 Å². The van der Waals surface area contributed by atoms with E-state index in [1.165, 1.54) is 18.0 Å². The minimum Gasteiger partial charge on any atom is -0.496 e. The molecule has 3 aromatic rings. The lowest BCUT2D eigenvalue weighted by atomic mass is 10.2. The minimum atomic E-state index is -0.340. The number of amides is 1. The summed E-state index contributed by atoms with van der Waals surface area (Å²) in [7, 11) is 1.56. The Kier molecular flexibility index (Phi) is 7.44. The number of nitrogens with one attached hydrogen (secondary N) is 1. The lowest BCUT2D eigenvalue weighted by molar-refractivity contribution is 0.0954. The fourth-order valence-electron chi connectivity index (χ4n) is 2.13. The zero-order valence-electron chi connectivity index (χ0n) is 14.4. The second kappa shape index (κ2) is 9.82. The average Bonchev–Trinajstić information content (AvgIpc) is 3.03. The number of carbonyl (C=O) groups excluding carboxylic acids is 1. The van der Waals surface area contributed by atoms with Crippen LogP contribution in [-0.4, -0.2) is 19.2 Å². The van der Waals surface area contributed by atoms with Crippen molar-refractivity contribution in [2.45, 2.75) is 9.99 Å². The van der Waals surface area contributed by atoms with E-state index in [-0.39, 0.29) is 5.91 Å². The molecule has 0 saturated heterocycles. The maximum Gasteiger partial charge on any atom is 0.271 e. The normalized spacial score (nSPS) is 11.0. The molecule has 0 radical (unpaired) electrons. The predicted molar refractivity (Wildman–Crippen MR) is 123 cm³/mol. The van der Waals surface area contributed by atoms with Crippen LogP contribution in [0.2, 0.25) is 5.02 Å². The van der Waals surface area contributed by atoms with E-state index in [0.717, 1.165) is 12.9 Å². The molecule has 1 heterocycles. The van der Waals surface area contributed by atoms with Crippen LogP contribution in [0.25, 0.3) is 0 Å². The number of hydrogen-bond acceptors (Lipinski definition) is 5. The SMILES string of the molecule is COc1cc(C(=O)N/N=C/c2cc(Br)c(Sc3ccc(Cl)cc3)o2)ccc1I. The van der Waals surface area contributed by atoms with Gasteiger partial charge in [0.1, 0.15) is 11.5 Å². The number of rotatable bonds is 6. The maximum atomic E-state index is 12.2. The Bertz CT molecular complexity index is 1020. The molecule has 5 nitrogen and oxygen atoms in total. The molecule has 0 saturated carbocycles. The Morgan fingerprint density at radius 1 is 1.29 bits per heavy atom. The molecule has 0 bridgehead atoms. The highest BCUT2D eigenvalue weighted by molar-refractivity contribution is 14.1. The predicted octanol–water partition coefficient (Wildman–Crippen LogP) is 6.22. The molecule has 2 aromatic carbocycles. The second-order valence-electron chi connectivity index (χ2n) is 5.39. The molecule has 1 amide bonds. The van der Waals surface area contributed by atoms with E-state index in [1.807, 2.05) is 30.3 Å². The summed E-state index contributed by atoms with van der Waals surface area (Å²) in [5.41, 5.74) is 2.93. The van der Waals surface area contributed by atoms with Crippen molar-refractivity contribution in [2.75, 3.05) is 7.11 Å². The van der Waals surface area contributed by atoms with Crippen LogP contribution in [0.15, 0.2) is 72.5 Å². The minimum absolute atomic E-state index is 0.340. The summed E-state index contributed by atoms with van der Waals surface area (Å²) in [5.74, 6) is 0.798. The fraction of sp³-hybridized carbons (Fsp3) is 0.0526. The van der Waals surface area contributed by atoms with Gasteiger partial charge >= 0.3 is 0 Å². The lowest BCUT2D eigenvalue weighted by Crippen LogP contribution is -2.17. The van der Waals surface area contributed by atoms with Crippen LogP contribution < -0.4 is 10.2 Å². The number of ether oxygens (including phenoxy) is 1. The van der Waals surface area contributed by atoms with Gasteiger partial charge in [0.15, 0.2) is 5.09 Å². The highest BCUT2D eigenvalue weighted by Gasteiger charge is 2.11. The molecule has 0 spiro atoms. The number of halogens is 3. The third kappa shape index (κ3) is 5.53. The molecular weight excluding hydrogens is 579 g/mol. The number of hydrazone groups is 1. The van der Waals surface area contributed by atoms with Gasteiger partial charge < -0.3 is 9.15 Å². The molecule has 0 fully saturated rings. The molecule has 28 heavy (non-hydrogen) atoms. The van der Waals surface area contributed by atoms with Crippen LogP contribution in [0.4, 0.5) is 0 Å². The summed E-state index contributed by atoms with van der Waals surface area (Å²) in [6.07, 6.45) is 1.44. The van der Waals surface area contributed by atoms with Crippen LogP contribution in [0, 0.1) is 3.57 Å². The molecule has 0 aliphatic heterocycles. The summed E-state index contributed by atoms with van der Waals surface area (Å²) >= 11 is 13.0. The first-order valence-corrected chi connectivity index (χ1v) is 10.9. The Morgan fingerprint density at radius 3 is 2.75 bits per heavy atom. The topological polar surface area (TPSA) is 63.8 Å². The number of carbonyl (C=O) groups is 1. The quantitative estimate of drug-likeness (QED) is 0.210. The second-order valence-corrected chi connectivity index (χ2v) is 8.89. The molecule has 0 atom stereocenters. The average molecular weight is 592 g/mol. The Hall–Kier alpha value is -1.49. The zero-order chi connectivity index (χ0) is 20.1. The number of hydrogen-bond donors (Lipinski definition) is 1. The van der Waals surface area contributed by atoms with E-state index in [0.29, 0.717) is 27.2 Å². The number of furan rings is 1. The summed E-state index contributed by atoms with van der Waals surface area (Å²) in [6.45, 7) is 0. The first-order chi connectivity index (χ1) is 13.5. The van der Waals surface area contributed by atoms with Gasteiger partial charge in [0.25, 0.3) is 5.91 Å². The van der Waals surface area contributed by atoms with E-state index in [1.54, 1.807) is 25.3 Å². The summed E-state index contributed by atoms with van der Waals surface area (Å²) in [5, 5.41) is 5.32. The van der Waals surface area contributed by atoms with E-state index in [9.17, 15) is 4.79 Å². The van der Waals surface area contributed by atoms with Crippen LogP contribution in [0.5, 0.6) is 5.75 Å². The first kappa shape index (κ1) is 21.2. The molecule has 1 aromatic heterocycles. The van der Waals surface area contributed by atoms with Crippen molar-refractivity contribution in [1.29, 1.82) is 0 Å². The van der Waals surface area contributed by atoms with Gasteiger partial charge in [-0.05, 0) is 81.0 Å². The van der Waals surface area contributed by atoms with Crippen molar-refractivity contribution < 1.29 is 13.9 Å². The molecular formula is C19H13BrClIN2O3S. The molecule has 144 valence electrons. The summed E-state index contributed by atoms with van der Waals surface area (Å²) in [6, 6.07) is 14.4. The van der Waals surface area contributed by atoms with Crippen molar-refractivity contribution >= 4 is 74.0 Å². The highest BCUT2D eigenvalue weighted by Crippen LogP contribution is 2.35. The van der Waals surface area contributed by atoms with E-state index in [2.05, 4.69) is 49.0 Å². The van der Waals surface area contributed by atoms with Crippen molar-refractivity contribution in [3.05, 3.63) is 72.9 Å². The van der Waals surface area contributed by atoms with Gasteiger partial charge in [0.2, 0.25) is 0 Å². The highest BCUT2D eigenvalue weighted by atomic mass is 127. The number of nitrogens with zero attached hydrogens (tertiary/aromatic N) is 1. The molecule has 0 unspecified atom stereocenters. The maximum absolute atomic E-state index is 12.2. The van der Waals surface area contributed by atoms with Gasteiger partial charge in [-0.15, -0.1) is 0 Å². The van der Waals surface area contributed by atoms with Gasteiger partial charge in [0, 0.05) is 21.5 Å². The van der Waals surface area contributed by atoms with Gasteiger partial charge in [-0.25, -0.2) is 5.43 Å². The van der Waals surface area contributed by atoms with Gasteiger partial charge in [-0.1, -0.05) is 23.4 Å². The van der Waals surface area contributed by atoms with Crippen LogP contribution >= 0.6 is 61.9 Å². The standard InChI is InChI=1S/C19H13BrClIN2O3S/c1-26-17-8-11(2-7-16(17)22)18(25)24-23-10-13-9-15(20)19(27-13)28-14-5-3-12(21)4-6-14/h2-10H,1H3,(H,24,25)/b23-10+. The Balaban J connectivity index is 1.64. The monoisotopic (exact) mass is 590 g/mol. The summed E-state index contributed by atoms with van der Waals surface area (Å²) in [4.78, 5) is 13.2. The first-order valence-electron chi connectivity index (χ1n) is 7.86. The summed E-state index contributed by atoms with van der Waals surface area (Å²) < 4.78 is 12.7. The fourth-order valence-corrected chi connectivity index (χ4v) is 4.14. The lowest BCUT2D eigenvalue weighted by Gasteiger charge is -2.05. The number of methoxy groups -OCH3 is 1. The van der Waals surface area contributed by atoms with Gasteiger partial charge in [0.05, 0.1) is 21.4 Å². The van der Waals surface area contributed by atoms with Crippen molar-refractivity contribution in [3.63, 3.8) is 0 Å².